The van der Waals surface area contributed by atoms with E-state index in [1.807, 2.05) is 6.92 Å². The van der Waals surface area contributed by atoms with Gasteiger partial charge >= 0.3 is 5.97 Å². The topological polar surface area (TPSA) is 98.0 Å². The van der Waals surface area contributed by atoms with Gasteiger partial charge in [-0.1, -0.05) is 53.2 Å². The Hall–Kier alpha value is -0.910. The van der Waals surface area contributed by atoms with Gasteiger partial charge in [-0.2, -0.15) is 0 Å². The average Bonchev–Trinajstić information content (AvgIpc) is 2.80. The molecule has 5 nitrogen and oxygen atoms in total. The van der Waals surface area contributed by atoms with Crippen molar-refractivity contribution in [2.24, 2.45) is 56.7 Å². The first-order valence-electron chi connectivity index (χ1n) is 14.1. The number of hydrogen-bond donors (Lipinski definition) is 4. The van der Waals surface area contributed by atoms with Crippen LogP contribution in [0.3, 0.4) is 0 Å². The fourth-order valence-corrected chi connectivity index (χ4v) is 11.0. The zero-order chi connectivity index (χ0) is 25.8. The van der Waals surface area contributed by atoms with E-state index in [1.54, 1.807) is 0 Å². The zero-order valence-corrected chi connectivity index (χ0v) is 22.7. The molecule has 0 aliphatic heterocycles. The molecule has 4 fully saturated rings. The molecule has 0 bridgehead atoms. The molecule has 5 heteroatoms. The summed E-state index contributed by atoms with van der Waals surface area (Å²) in [6, 6.07) is 0. The van der Waals surface area contributed by atoms with E-state index in [0.717, 1.165) is 44.9 Å². The maximum absolute atomic E-state index is 12.8. The quantitative estimate of drug-likeness (QED) is 0.409. The minimum absolute atomic E-state index is 0.00815. The Morgan fingerprint density at radius 1 is 1.00 bits per heavy atom. The summed E-state index contributed by atoms with van der Waals surface area (Å²) in [5.74, 6) is 0.828. The number of fused-ring (bicyclic) bond motifs is 7. The van der Waals surface area contributed by atoms with E-state index in [0.29, 0.717) is 24.2 Å². The molecule has 12 atom stereocenters. The fraction of sp³-hybridized carbons (Fsp3) is 0.900. The predicted octanol–water partition coefficient (Wildman–Crippen LogP) is 5.03. The maximum Gasteiger partial charge on any atom is 0.310 e. The molecule has 0 aromatic rings. The summed E-state index contributed by atoms with van der Waals surface area (Å²) in [5, 5.41) is 42.9. The molecule has 0 heterocycles. The van der Waals surface area contributed by atoms with Crippen molar-refractivity contribution < 1.29 is 25.2 Å². The predicted molar refractivity (Wildman–Crippen MR) is 135 cm³/mol. The van der Waals surface area contributed by atoms with Crippen molar-refractivity contribution in [3.8, 4) is 0 Å². The number of aliphatic hydroxyl groups excluding tert-OH is 3. The molecule has 5 aliphatic carbocycles. The van der Waals surface area contributed by atoms with Gasteiger partial charge in [-0.3, -0.25) is 4.79 Å². The Labute approximate surface area is 211 Å². The van der Waals surface area contributed by atoms with Gasteiger partial charge in [-0.05, 0) is 97.2 Å². The second-order valence-corrected chi connectivity index (χ2v) is 14.5. The van der Waals surface area contributed by atoms with Crippen LogP contribution in [0.15, 0.2) is 11.6 Å². The molecule has 5 rings (SSSR count). The van der Waals surface area contributed by atoms with Gasteiger partial charge < -0.3 is 20.4 Å². The maximum atomic E-state index is 12.8. The zero-order valence-electron chi connectivity index (χ0n) is 22.7. The van der Waals surface area contributed by atoms with E-state index in [-0.39, 0.29) is 34.7 Å². The van der Waals surface area contributed by atoms with Gasteiger partial charge in [0.15, 0.2) is 0 Å². The van der Waals surface area contributed by atoms with Gasteiger partial charge in [-0.25, -0.2) is 0 Å². The first-order valence-corrected chi connectivity index (χ1v) is 14.1. The van der Waals surface area contributed by atoms with Gasteiger partial charge in [0.1, 0.15) is 0 Å². The minimum atomic E-state index is -0.907. The molecular weight excluding hydrogens is 440 g/mol. The Morgan fingerprint density at radius 2 is 1.69 bits per heavy atom. The molecule has 0 amide bonds. The van der Waals surface area contributed by atoms with E-state index in [9.17, 15) is 25.2 Å². The summed E-state index contributed by atoms with van der Waals surface area (Å²) in [4.78, 5) is 12.8. The molecule has 0 radical (unpaired) electrons. The minimum Gasteiger partial charge on any atom is -0.481 e. The third-order valence-electron chi connectivity index (χ3n) is 13.5. The molecular formula is C30H48O5. The lowest BCUT2D eigenvalue weighted by Crippen LogP contribution is -2.68. The second-order valence-electron chi connectivity index (χ2n) is 14.5. The van der Waals surface area contributed by atoms with Crippen LogP contribution >= 0.6 is 0 Å². The summed E-state index contributed by atoms with van der Waals surface area (Å²) < 4.78 is 0. The Balaban J connectivity index is 1.62. The van der Waals surface area contributed by atoms with Gasteiger partial charge in [-0.15, -0.1) is 0 Å². The SMILES string of the molecule is C[C@H]1[C@H](C)CC[C@]2(C(=O)O)CC[C@]3(C)C(=CC[C@@H]4[C@@]5(C)C[C@@H](O)[C@@H](O)[C@@](C)(CO)[C@@H]5CC[C@]43C)[C@@H]12. The number of hydrogen-bond acceptors (Lipinski definition) is 4. The highest BCUT2D eigenvalue weighted by Gasteiger charge is 2.70. The van der Waals surface area contributed by atoms with Crippen LogP contribution in [0, 0.1) is 56.7 Å². The monoisotopic (exact) mass is 488 g/mol. The smallest absolute Gasteiger partial charge is 0.310 e. The first kappa shape index (κ1) is 25.7. The number of allylic oxidation sites excluding steroid dienone is 2. The van der Waals surface area contributed by atoms with Gasteiger partial charge in [0.05, 0.1) is 24.2 Å². The van der Waals surface area contributed by atoms with Crippen molar-refractivity contribution in [1.82, 2.24) is 0 Å². The number of rotatable bonds is 2. The summed E-state index contributed by atoms with van der Waals surface area (Å²) in [6.45, 7) is 13.6. The van der Waals surface area contributed by atoms with Crippen molar-refractivity contribution in [1.29, 1.82) is 0 Å². The molecule has 4 N–H and O–H groups in total. The average molecular weight is 489 g/mol. The molecule has 4 saturated carbocycles. The molecule has 0 unspecified atom stereocenters. The van der Waals surface area contributed by atoms with E-state index < -0.39 is 29.0 Å². The Bertz CT molecular complexity index is 930. The van der Waals surface area contributed by atoms with Crippen LogP contribution < -0.4 is 0 Å². The van der Waals surface area contributed by atoms with Crippen molar-refractivity contribution in [2.45, 2.75) is 105 Å². The molecule has 0 spiro atoms. The molecule has 0 aromatic heterocycles. The van der Waals surface area contributed by atoms with Crippen molar-refractivity contribution >= 4 is 5.97 Å². The second kappa shape index (κ2) is 7.80. The van der Waals surface area contributed by atoms with Crippen molar-refractivity contribution in [3.05, 3.63) is 11.6 Å². The lowest BCUT2D eigenvalue weighted by atomic mass is 9.33. The molecule has 0 saturated heterocycles. The summed E-state index contributed by atoms with van der Waals surface area (Å²) in [6.07, 6.45) is 7.51. The van der Waals surface area contributed by atoms with Gasteiger partial charge in [0, 0.05) is 5.41 Å². The van der Waals surface area contributed by atoms with E-state index in [2.05, 4.69) is 40.7 Å². The molecule has 35 heavy (non-hydrogen) atoms. The first-order chi connectivity index (χ1) is 16.2. The molecule has 198 valence electrons. The summed E-state index contributed by atoms with van der Waals surface area (Å²) in [7, 11) is 0. The fourth-order valence-electron chi connectivity index (χ4n) is 11.0. The van der Waals surface area contributed by atoms with Crippen LogP contribution in [0.4, 0.5) is 0 Å². The summed E-state index contributed by atoms with van der Waals surface area (Å²) in [5.41, 5.74) is -0.214. The highest BCUT2D eigenvalue weighted by atomic mass is 16.4. The Kier molecular flexibility index (Phi) is 5.73. The highest BCUT2D eigenvalue weighted by molar-refractivity contribution is 5.76. The number of aliphatic hydroxyl groups is 3. The normalized spacial score (nSPS) is 57.7. The van der Waals surface area contributed by atoms with Crippen LogP contribution in [0.25, 0.3) is 0 Å². The number of carboxylic acid groups (broad SMARTS) is 1. The van der Waals surface area contributed by atoms with Gasteiger partial charge in [0.25, 0.3) is 0 Å². The van der Waals surface area contributed by atoms with Crippen LogP contribution in [-0.2, 0) is 4.79 Å². The lowest BCUT2D eigenvalue weighted by Gasteiger charge is -2.71. The van der Waals surface area contributed by atoms with Crippen LogP contribution in [0.5, 0.6) is 0 Å². The lowest BCUT2D eigenvalue weighted by molar-refractivity contribution is -0.244. The van der Waals surface area contributed by atoms with Crippen LogP contribution in [0.1, 0.15) is 92.9 Å². The number of aliphatic carboxylic acids is 1. The molecule has 5 aliphatic rings. The number of carboxylic acids is 1. The van der Waals surface area contributed by atoms with E-state index in [1.165, 1.54) is 5.57 Å². The van der Waals surface area contributed by atoms with E-state index in [4.69, 9.17) is 0 Å². The summed E-state index contributed by atoms with van der Waals surface area (Å²) >= 11 is 0. The largest absolute Gasteiger partial charge is 0.481 e. The van der Waals surface area contributed by atoms with Gasteiger partial charge in [0.2, 0.25) is 0 Å². The third kappa shape index (κ3) is 2.95. The molecule has 0 aromatic carbocycles. The number of carbonyl (C=O) groups is 1. The van der Waals surface area contributed by atoms with E-state index >= 15 is 0 Å². The van der Waals surface area contributed by atoms with Crippen molar-refractivity contribution in [2.75, 3.05) is 6.61 Å². The van der Waals surface area contributed by atoms with Crippen molar-refractivity contribution in [3.63, 3.8) is 0 Å². The standard InChI is InChI=1S/C30H48O5/c1-17-9-12-30(25(34)35)14-13-28(5)19(23(30)18(17)2)7-8-22-26(3)15-20(32)24(33)27(4,16-31)21(26)10-11-29(22,28)6/h7,17-18,20-24,31-33H,8-16H2,1-6H3,(H,34,35)/t17-,18+,20-,21-,22-,23-,24-,26+,27+,28-,29-,30+/m1/s1. The Morgan fingerprint density at radius 3 is 2.31 bits per heavy atom. The third-order valence-corrected chi connectivity index (χ3v) is 13.5. The van der Waals surface area contributed by atoms with Crippen LogP contribution in [-0.4, -0.2) is 45.2 Å². The van der Waals surface area contributed by atoms with Crippen LogP contribution in [0.2, 0.25) is 0 Å². The highest BCUT2D eigenvalue weighted by Crippen LogP contribution is 2.75.